The zero-order valence-corrected chi connectivity index (χ0v) is 10.2. The first kappa shape index (κ1) is 12.4. The monoisotopic (exact) mass is 242 g/mol. The largest absolute Gasteiger partial charge is 0.375 e. The van der Waals surface area contributed by atoms with Crippen molar-refractivity contribution in [2.24, 2.45) is 0 Å². The Balaban J connectivity index is 2.78. The first-order chi connectivity index (χ1) is 7.45. The second-order valence-electron chi connectivity index (χ2n) is 3.30. The average Bonchev–Trinajstić information content (AvgIpc) is 2.56. The SMILES string of the molecule is CNC(=O)CN(C)C(=O)c1sc(N)nc1C. The molecule has 2 amide bonds. The Morgan fingerprint density at radius 1 is 1.56 bits per heavy atom. The second kappa shape index (κ2) is 4.93. The molecule has 1 aromatic heterocycles. The van der Waals surface area contributed by atoms with Crippen molar-refractivity contribution in [2.45, 2.75) is 6.92 Å². The number of nitrogens with one attached hydrogen (secondary N) is 1. The smallest absolute Gasteiger partial charge is 0.266 e. The first-order valence-electron chi connectivity index (χ1n) is 4.64. The maximum atomic E-state index is 11.9. The van der Waals surface area contributed by atoms with E-state index in [9.17, 15) is 9.59 Å². The number of nitrogen functional groups attached to an aromatic ring is 1. The van der Waals surface area contributed by atoms with Crippen LogP contribution >= 0.6 is 11.3 Å². The van der Waals surface area contributed by atoms with Gasteiger partial charge in [0.1, 0.15) is 4.88 Å². The van der Waals surface area contributed by atoms with E-state index >= 15 is 0 Å². The topological polar surface area (TPSA) is 88.3 Å². The van der Waals surface area contributed by atoms with E-state index in [-0.39, 0.29) is 18.4 Å². The van der Waals surface area contributed by atoms with Crippen molar-refractivity contribution in [3.8, 4) is 0 Å². The van der Waals surface area contributed by atoms with Gasteiger partial charge in [0, 0.05) is 14.1 Å². The van der Waals surface area contributed by atoms with E-state index < -0.39 is 0 Å². The van der Waals surface area contributed by atoms with Gasteiger partial charge in [-0.05, 0) is 6.92 Å². The van der Waals surface area contributed by atoms with Gasteiger partial charge >= 0.3 is 0 Å². The van der Waals surface area contributed by atoms with Crippen LogP contribution in [0.25, 0.3) is 0 Å². The average molecular weight is 242 g/mol. The zero-order valence-electron chi connectivity index (χ0n) is 9.40. The van der Waals surface area contributed by atoms with Crippen molar-refractivity contribution in [3.05, 3.63) is 10.6 Å². The van der Waals surface area contributed by atoms with Crippen molar-refractivity contribution in [1.82, 2.24) is 15.2 Å². The highest BCUT2D eigenvalue weighted by Crippen LogP contribution is 2.20. The lowest BCUT2D eigenvalue weighted by Gasteiger charge is -2.14. The van der Waals surface area contributed by atoms with Crippen LogP contribution in [0.4, 0.5) is 5.13 Å². The summed E-state index contributed by atoms with van der Waals surface area (Å²) in [5.74, 6) is -0.457. The highest BCUT2D eigenvalue weighted by atomic mass is 32.1. The third kappa shape index (κ3) is 2.69. The van der Waals surface area contributed by atoms with Crippen LogP contribution in [0.15, 0.2) is 0 Å². The van der Waals surface area contributed by atoms with Gasteiger partial charge in [-0.1, -0.05) is 11.3 Å². The van der Waals surface area contributed by atoms with Crippen LogP contribution in [0.1, 0.15) is 15.4 Å². The van der Waals surface area contributed by atoms with E-state index in [0.717, 1.165) is 11.3 Å². The fourth-order valence-electron chi connectivity index (χ4n) is 1.16. The third-order valence-corrected chi connectivity index (χ3v) is 2.99. The van der Waals surface area contributed by atoms with Crippen molar-refractivity contribution in [1.29, 1.82) is 0 Å². The fourth-order valence-corrected chi connectivity index (χ4v) is 1.98. The van der Waals surface area contributed by atoms with Gasteiger partial charge in [0.2, 0.25) is 5.91 Å². The van der Waals surface area contributed by atoms with Crippen LogP contribution in [0.5, 0.6) is 0 Å². The number of nitrogens with zero attached hydrogens (tertiary/aromatic N) is 2. The summed E-state index contributed by atoms with van der Waals surface area (Å²) in [6, 6.07) is 0. The van der Waals surface area contributed by atoms with Crippen LogP contribution in [0.3, 0.4) is 0 Å². The standard InChI is InChI=1S/C9H14N4O2S/c1-5-7(16-9(10)12-5)8(15)13(3)4-6(14)11-2/h4H2,1-3H3,(H2,10,12)(H,11,14). The van der Waals surface area contributed by atoms with E-state index in [0.29, 0.717) is 15.7 Å². The summed E-state index contributed by atoms with van der Waals surface area (Å²) in [6.45, 7) is 1.74. The third-order valence-electron chi connectivity index (χ3n) is 2.01. The number of nitrogens with two attached hydrogens (primary N) is 1. The van der Waals surface area contributed by atoms with Gasteiger partial charge in [-0.25, -0.2) is 4.98 Å². The molecule has 0 bridgehead atoms. The lowest BCUT2D eigenvalue weighted by atomic mass is 10.3. The Bertz CT molecular complexity index is 416. The molecule has 6 nitrogen and oxygen atoms in total. The molecule has 0 aliphatic rings. The van der Waals surface area contributed by atoms with Gasteiger partial charge < -0.3 is 16.0 Å². The van der Waals surface area contributed by atoms with Crippen molar-refractivity contribution in [3.63, 3.8) is 0 Å². The molecule has 1 aromatic rings. The molecule has 0 unspecified atom stereocenters. The molecule has 16 heavy (non-hydrogen) atoms. The molecular weight excluding hydrogens is 228 g/mol. The summed E-state index contributed by atoms with van der Waals surface area (Å²) in [5.41, 5.74) is 6.10. The summed E-state index contributed by atoms with van der Waals surface area (Å²) < 4.78 is 0. The highest BCUT2D eigenvalue weighted by molar-refractivity contribution is 7.17. The molecule has 1 heterocycles. The summed E-state index contributed by atoms with van der Waals surface area (Å²) in [4.78, 5) is 28.8. The Morgan fingerprint density at radius 2 is 2.19 bits per heavy atom. The Kier molecular flexibility index (Phi) is 3.83. The van der Waals surface area contributed by atoms with Gasteiger partial charge in [0.25, 0.3) is 5.91 Å². The Labute approximate surface area is 97.5 Å². The lowest BCUT2D eigenvalue weighted by Crippen LogP contribution is -2.36. The van der Waals surface area contributed by atoms with Crippen molar-refractivity contribution < 1.29 is 9.59 Å². The predicted octanol–water partition coefficient (Wildman–Crippen LogP) is -0.148. The number of rotatable bonds is 3. The Morgan fingerprint density at radius 3 is 2.62 bits per heavy atom. The minimum absolute atomic E-state index is 0.0204. The Hall–Kier alpha value is -1.63. The molecule has 0 spiro atoms. The molecule has 0 saturated carbocycles. The van der Waals surface area contributed by atoms with Crippen molar-refractivity contribution in [2.75, 3.05) is 26.4 Å². The van der Waals surface area contributed by atoms with E-state index in [1.807, 2.05) is 0 Å². The maximum Gasteiger partial charge on any atom is 0.266 e. The molecule has 0 radical (unpaired) electrons. The maximum absolute atomic E-state index is 11.9. The van der Waals surface area contributed by atoms with Crippen LogP contribution < -0.4 is 11.1 Å². The van der Waals surface area contributed by atoms with Crippen LogP contribution in [-0.4, -0.2) is 42.3 Å². The molecule has 88 valence electrons. The molecular formula is C9H14N4O2S. The number of hydrogen-bond acceptors (Lipinski definition) is 5. The van der Waals surface area contributed by atoms with E-state index in [1.165, 1.54) is 11.9 Å². The van der Waals surface area contributed by atoms with E-state index in [4.69, 9.17) is 5.73 Å². The van der Waals surface area contributed by atoms with Gasteiger partial charge in [0.05, 0.1) is 12.2 Å². The molecule has 3 N–H and O–H groups in total. The van der Waals surface area contributed by atoms with E-state index in [1.54, 1.807) is 14.0 Å². The number of likely N-dealkylation sites (N-methyl/N-ethyl adjacent to an activating group) is 2. The minimum Gasteiger partial charge on any atom is -0.375 e. The number of carbonyl (C=O) groups is 2. The molecule has 0 atom stereocenters. The summed E-state index contributed by atoms with van der Waals surface area (Å²) in [6.07, 6.45) is 0. The van der Waals surface area contributed by atoms with Crippen LogP contribution in [-0.2, 0) is 4.79 Å². The normalized spacial score (nSPS) is 9.94. The quantitative estimate of drug-likeness (QED) is 0.771. The minimum atomic E-state index is -0.240. The number of hydrogen-bond donors (Lipinski definition) is 2. The first-order valence-corrected chi connectivity index (χ1v) is 5.46. The predicted molar refractivity (Wildman–Crippen MR) is 62.3 cm³/mol. The second-order valence-corrected chi connectivity index (χ2v) is 4.33. The number of amides is 2. The summed E-state index contributed by atoms with van der Waals surface area (Å²) in [5, 5.41) is 2.81. The van der Waals surface area contributed by atoms with Gasteiger partial charge in [0.15, 0.2) is 5.13 Å². The number of anilines is 1. The van der Waals surface area contributed by atoms with Crippen LogP contribution in [0.2, 0.25) is 0 Å². The van der Waals surface area contributed by atoms with Crippen LogP contribution in [0, 0.1) is 6.92 Å². The molecule has 0 saturated heterocycles. The van der Waals surface area contributed by atoms with Crippen molar-refractivity contribution >= 4 is 28.3 Å². The number of carbonyl (C=O) groups excluding carboxylic acids is 2. The number of aryl methyl sites for hydroxylation is 1. The molecule has 0 aliphatic heterocycles. The molecule has 7 heteroatoms. The molecule has 0 aliphatic carbocycles. The van der Waals surface area contributed by atoms with Gasteiger partial charge in [-0.2, -0.15) is 0 Å². The number of thiazole rings is 1. The molecule has 0 aromatic carbocycles. The summed E-state index contributed by atoms with van der Waals surface area (Å²) in [7, 11) is 3.09. The molecule has 0 fully saturated rings. The number of aromatic nitrogens is 1. The molecule has 1 rings (SSSR count). The van der Waals surface area contributed by atoms with Gasteiger partial charge in [-0.15, -0.1) is 0 Å². The van der Waals surface area contributed by atoms with Gasteiger partial charge in [-0.3, -0.25) is 9.59 Å². The van der Waals surface area contributed by atoms with E-state index in [2.05, 4.69) is 10.3 Å². The summed E-state index contributed by atoms with van der Waals surface area (Å²) >= 11 is 1.13. The highest BCUT2D eigenvalue weighted by Gasteiger charge is 2.19. The zero-order chi connectivity index (χ0) is 12.3. The fraction of sp³-hybridized carbons (Fsp3) is 0.444. The lowest BCUT2D eigenvalue weighted by molar-refractivity contribution is -0.121.